The van der Waals surface area contributed by atoms with Crippen LogP contribution in [0.2, 0.25) is 0 Å². The molecular weight excluding hydrogens is 194 g/mol. The number of rotatable bonds is 7. The number of carboxylic acid groups (broad SMARTS) is 1. The number of hydrogen-bond donors (Lipinski definition) is 2. The molecule has 88 valence electrons. The van der Waals surface area contributed by atoms with E-state index >= 15 is 0 Å². The normalized spacial score (nSPS) is 19.3. The van der Waals surface area contributed by atoms with Crippen LogP contribution in [0.1, 0.15) is 32.6 Å². The third kappa shape index (κ3) is 4.62. The second kappa shape index (κ2) is 6.80. The van der Waals surface area contributed by atoms with Gasteiger partial charge in [0.25, 0.3) is 0 Å². The Labute approximate surface area is 91.0 Å². The molecule has 0 radical (unpaired) electrons. The second-order valence-corrected chi connectivity index (χ2v) is 4.14. The van der Waals surface area contributed by atoms with Gasteiger partial charge in [0.15, 0.2) is 0 Å². The Morgan fingerprint density at radius 3 is 2.73 bits per heavy atom. The summed E-state index contributed by atoms with van der Waals surface area (Å²) in [6.07, 6.45) is 5.06. The monoisotopic (exact) mass is 215 g/mol. The third-order valence-electron chi connectivity index (χ3n) is 2.86. The number of likely N-dealkylation sites (N-methyl/N-ethyl adjacent to an activating group) is 1. The molecule has 0 heterocycles. The highest BCUT2D eigenvalue weighted by atomic mass is 16.5. The van der Waals surface area contributed by atoms with Crippen LogP contribution in [0.25, 0.3) is 0 Å². The van der Waals surface area contributed by atoms with E-state index in [4.69, 9.17) is 9.84 Å². The van der Waals surface area contributed by atoms with Crippen molar-refractivity contribution in [3.8, 4) is 0 Å². The highest BCUT2D eigenvalue weighted by molar-refractivity contribution is 5.73. The highest BCUT2D eigenvalue weighted by Crippen LogP contribution is 2.24. The lowest BCUT2D eigenvalue weighted by molar-refractivity contribution is -0.141. The van der Waals surface area contributed by atoms with E-state index in [1.807, 2.05) is 6.92 Å². The predicted molar refractivity (Wildman–Crippen MR) is 57.9 cm³/mol. The van der Waals surface area contributed by atoms with Crippen molar-refractivity contribution < 1.29 is 14.6 Å². The lowest BCUT2D eigenvalue weighted by Gasteiger charge is -2.15. The van der Waals surface area contributed by atoms with Crippen LogP contribution < -0.4 is 5.32 Å². The van der Waals surface area contributed by atoms with Gasteiger partial charge in [0.2, 0.25) is 0 Å². The van der Waals surface area contributed by atoms with Crippen molar-refractivity contribution >= 4 is 5.97 Å². The van der Waals surface area contributed by atoms with E-state index in [9.17, 15) is 4.79 Å². The maximum atomic E-state index is 10.8. The van der Waals surface area contributed by atoms with Gasteiger partial charge in [0.05, 0.1) is 6.61 Å². The first-order valence-corrected chi connectivity index (χ1v) is 5.78. The molecule has 1 unspecified atom stereocenters. The molecule has 0 aliphatic heterocycles. The maximum absolute atomic E-state index is 10.8. The molecule has 2 N–H and O–H groups in total. The molecule has 1 fully saturated rings. The molecule has 0 aromatic heterocycles. The lowest BCUT2D eigenvalue weighted by Crippen LogP contribution is -2.40. The average Bonchev–Trinajstić information content (AvgIpc) is 2.69. The zero-order valence-electron chi connectivity index (χ0n) is 9.37. The first-order valence-electron chi connectivity index (χ1n) is 5.78. The van der Waals surface area contributed by atoms with Gasteiger partial charge in [-0.1, -0.05) is 19.8 Å². The SMILES string of the molecule is CCNC(COCC1CCCC1)C(=O)O. The maximum Gasteiger partial charge on any atom is 0.323 e. The quantitative estimate of drug-likeness (QED) is 0.671. The van der Waals surface area contributed by atoms with Gasteiger partial charge in [-0.2, -0.15) is 0 Å². The largest absolute Gasteiger partial charge is 0.480 e. The molecule has 0 spiro atoms. The molecule has 0 aromatic rings. The summed E-state index contributed by atoms with van der Waals surface area (Å²) in [6, 6.07) is -0.559. The Morgan fingerprint density at radius 1 is 1.53 bits per heavy atom. The zero-order chi connectivity index (χ0) is 11.1. The summed E-state index contributed by atoms with van der Waals surface area (Å²) in [5.74, 6) is -0.177. The predicted octanol–water partition coefficient (Wildman–Crippen LogP) is 1.26. The van der Waals surface area contributed by atoms with Gasteiger partial charge in [0.1, 0.15) is 6.04 Å². The smallest absolute Gasteiger partial charge is 0.323 e. The van der Waals surface area contributed by atoms with Crippen molar-refractivity contribution in [1.29, 1.82) is 0 Å². The van der Waals surface area contributed by atoms with Crippen LogP contribution in [0.4, 0.5) is 0 Å². The van der Waals surface area contributed by atoms with E-state index in [-0.39, 0.29) is 6.61 Å². The molecule has 0 amide bonds. The highest BCUT2D eigenvalue weighted by Gasteiger charge is 2.18. The Balaban J connectivity index is 2.12. The van der Waals surface area contributed by atoms with Gasteiger partial charge in [-0.25, -0.2) is 0 Å². The molecular formula is C11H21NO3. The first kappa shape index (κ1) is 12.5. The Morgan fingerprint density at radius 2 is 2.20 bits per heavy atom. The fraction of sp³-hybridized carbons (Fsp3) is 0.909. The van der Waals surface area contributed by atoms with Crippen molar-refractivity contribution in [2.45, 2.75) is 38.6 Å². The molecule has 0 aromatic carbocycles. The van der Waals surface area contributed by atoms with Crippen LogP contribution in [0.3, 0.4) is 0 Å². The second-order valence-electron chi connectivity index (χ2n) is 4.14. The first-order chi connectivity index (χ1) is 7.24. The van der Waals surface area contributed by atoms with Crippen molar-refractivity contribution in [1.82, 2.24) is 5.32 Å². The van der Waals surface area contributed by atoms with Gasteiger partial charge >= 0.3 is 5.97 Å². The molecule has 1 rings (SSSR count). The topological polar surface area (TPSA) is 58.6 Å². The van der Waals surface area contributed by atoms with E-state index in [1.54, 1.807) is 0 Å². The van der Waals surface area contributed by atoms with E-state index in [0.29, 0.717) is 12.5 Å². The summed E-state index contributed by atoms with van der Waals surface area (Å²) in [7, 11) is 0. The lowest BCUT2D eigenvalue weighted by atomic mass is 10.1. The standard InChI is InChI=1S/C11H21NO3/c1-2-12-10(11(13)14)8-15-7-9-5-3-4-6-9/h9-10,12H,2-8H2,1H3,(H,13,14). The average molecular weight is 215 g/mol. The van der Waals surface area contributed by atoms with Crippen LogP contribution in [0, 0.1) is 5.92 Å². The number of hydrogen-bond acceptors (Lipinski definition) is 3. The van der Waals surface area contributed by atoms with Gasteiger partial charge in [-0.3, -0.25) is 4.79 Å². The fourth-order valence-electron chi connectivity index (χ4n) is 1.99. The summed E-state index contributed by atoms with van der Waals surface area (Å²) in [6.45, 7) is 3.55. The molecule has 15 heavy (non-hydrogen) atoms. The van der Waals surface area contributed by atoms with Gasteiger partial charge in [-0.15, -0.1) is 0 Å². The van der Waals surface area contributed by atoms with Crippen molar-refractivity contribution in [2.24, 2.45) is 5.92 Å². The summed E-state index contributed by atoms with van der Waals surface area (Å²) >= 11 is 0. The Kier molecular flexibility index (Phi) is 5.65. The molecule has 1 aliphatic carbocycles. The third-order valence-corrected chi connectivity index (χ3v) is 2.86. The van der Waals surface area contributed by atoms with Crippen molar-refractivity contribution in [2.75, 3.05) is 19.8 Å². The van der Waals surface area contributed by atoms with E-state index in [1.165, 1.54) is 25.7 Å². The molecule has 1 saturated carbocycles. The molecule has 1 atom stereocenters. The van der Waals surface area contributed by atoms with Gasteiger partial charge in [0, 0.05) is 6.61 Å². The Bertz CT molecular complexity index is 190. The van der Waals surface area contributed by atoms with E-state index in [2.05, 4.69) is 5.32 Å². The minimum atomic E-state index is -0.830. The fourth-order valence-corrected chi connectivity index (χ4v) is 1.99. The molecule has 0 bridgehead atoms. The summed E-state index contributed by atoms with van der Waals surface area (Å²) in [4.78, 5) is 10.8. The van der Waals surface area contributed by atoms with E-state index in [0.717, 1.165) is 6.61 Å². The molecule has 4 heteroatoms. The zero-order valence-corrected chi connectivity index (χ0v) is 9.37. The minimum Gasteiger partial charge on any atom is -0.480 e. The van der Waals surface area contributed by atoms with Crippen LogP contribution in [0.5, 0.6) is 0 Å². The number of nitrogens with one attached hydrogen (secondary N) is 1. The van der Waals surface area contributed by atoms with E-state index < -0.39 is 12.0 Å². The van der Waals surface area contributed by atoms with Crippen LogP contribution in [-0.2, 0) is 9.53 Å². The molecule has 1 aliphatic rings. The summed E-state index contributed by atoms with van der Waals surface area (Å²) in [5, 5.41) is 11.7. The Hall–Kier alpha value is -0.610. The number of carbonyl (C=O) groups is 1. The number of aliphatic carboxylic acids is 1. The minimum absolute atomic E-state index is 0.277. The summed E-state index contributed by atoms with van der Waals surface area (Å²) in [5.41, 5.74) is 0. The van der Waals surface area contributed by atoms with Gasteiger partial charge in [-0.05, 0) is 25.3 Å². The van der Waals surface area contributed by atoms with Crippen LogP contribution in [0.15, 0.2) is 0 Å². The van der Waals surface area contributed by atoms with Crippen LogP contribution in [-0.4, -0.2) is 36.9 Å². The van der Waals surface area contributed by atoms with Crippen molar-refractivity contribution in [3.05, 3.63) is 0 Å². The van der Waals surface area contributed by atoms with Gasteiger partial charge < -0.3 is 15.2 Å². The van der Waals surface area contributed by atoms with Crippen LogP contribution >= 0.6 is 0 Å². The number of carboxylic acids is 1. The molecule has 0 saturated heterocycles. The summed E-state index contributed by atoms with van der Waals surface area (Å²) < 4.78 is 5.45. The number of ether oxygens (including phenoxy) is 1. The van der Waals surface area contributed by atoms with Crippen molar-refractivity contribution in [3.63, 3.8) is 0 Å². The molecule has 4 nitrogen and oxygen atoms in total.